The van der Waals surface area contributed by atoms with Gasteiger partial charge in [0, 0.05) is 18.8 Å². The van der Waals surface area contributed by atoms with Crippen LogP contribution in [-0.4, -0.2) is 104 Å². The average molecular weight is 896 g/mol. The number of phosphoric acid groups is 1. The molecule has 62 heavy (non-hydrogen) atoms. The van der Waals surface area contributed by atoms with Crippen LogP contribution >= 0.6 is 7.82 Å². The number of phosphoric ester groups is 1. The zero-order chi connectivity index (χ0) is 45.9. The van der Waals surface area contributed by atoms with Gasteiger partial charge in [0.25, 0.3) is 7.82 Å². The highest BCUT2D eigenvalue weighted by atomic mass is 31.2. The molecule has 0 heterocycles. The molecule has 0 bridgehead atoms. The predicted octanol–water partition coefficient (Wildman–Crippen LogP) is 9.38. The molecule has 13 heteroatoms. The molecule has 1 rings (SSSR count). The Labute approximate surface area is 375 Å². The van der Waals surface area contributed by atoms with Gasteiger partial charge in [0.1, 0.15) is 19.8 Å². The van der Waals surface area contributed by atoms with Crippen molar-refractivity contribution in [1.29, 1.82) is 0 Å². The molecule has 0 aromatic rings. The molecule has 1 aliphatic rings. The Morgan fingerprint density at radius 2 is 1.34 bits per heavy atom. The number of aliphatic hydroxyl groups excluding tert-OH is 3. The summed E-state index contributed by atoms with van der Waals surface area (Å²) in [6, 6.07) is 0. The molecule has 1 fully saturated rings. The minimum absolute atomic E-state index is 0.0865. The molecule has 12 nitrogen and oxygen atoms in total. The van der Waals surface area contributed by atoms with Crippen molar-refractivity contribution >= 4 is 19.8 Å². The van der Waals surface area contributed by atoms with Crippen LogP contribution in [0.5, 0.6) is 0 Å². The van der Waals surface area contributed by atoms with Crippen LogP contribution in [0.25, 0.3) is 0 Å². The average Bonchev–Trinajstić information content (AvgIpc) is 3.48. The maximum absolute atomic E-state index is 12.8. The number of unbranched alkanes of at least 4 members (excludes halogenated alkanes) is 12. The van der Waals surface area contributed by atoms with E-state index in [1.54, 1.807) is 24.3 Å². The summed E-state index contributed by atoms with van der Waals surface area (Å²) >= 11 is 0. The predicted molar refractivity (Wildman–Crippen MR) is 247 cm³/mol. The van der Waals surface area contributed by atoms with Crippen LogP contribution in [0, 0.1) is 11.8 Å². The highest BCUT2D eigenvalue weighted by Gasteiger charge is 2.39. The highest BCUT2D eigenvalue weighted by molar-refractivity contribution is 7.45. The quantitative estimate of drug-likeness (QED) is 0.0177. The van der Waals surface area contributed by atoms with E-state index in [4.69, 9.17) is 18.5 Å². The number of carbonyl (C=O) groups is 2. The van der Waals surface area contributed by atoms with Gasteiger partial charge in [-0.2, -0.15) is 0 Å². The summed E-state index contributed by atoms with van der Waals surface area (Å²) < 4.78 is 33.8. The Balaban J connectivity index is 2.50. The minimum Gasteiger partial charge on any atom is -0.756 e. The largest absolute Gasteiger partial charge is 0.756 e. The molecule has 358 valence electrons. The van der Waals surface area contributed by atoms with E-state index in [2.05, 4.69) is 50.3 Å². The first-order valence-electron chi connectivity index (χ1n) is 23.8. The van der Waals surface area contributed by atoms with Crippen LogP contribution in [-0.2, 0) is 32.7 Å². The second kappa shape index (κ2) is 35.9. The van der Waals surface area contributed by atoms with Crippen molar-refractivity contribution in [3.8, 4) is 0 Å². The molecule has 0 aromatic heterocycles. The lowest BCUT2D eigenvalue weighted by Crippen LogP contribution is -2.37. The number of esters is 2. The van der Waals surface area contributed by atoms with Gasteiger partial charge in [-0.1, -0.05) is 139 Å². The Morgan fingerprint density at radius 1 is 0.742 bits per heavy atom. The fourth-order valence-electron chi connectivity index (χ4n) is 7.04. The fraction of sp³-hybridized carbons (Fsp3) is 0.755. The molecule has 0 radical (unpaired) electrons. The number of allylic oxidation sites excluding steroid dienone is 7. The first-order chi connectivity index (χ1) is 29.7. The van der Waals surface area contributed by atoms with Gasteiger partial charge in [0.05, 0.1) is 52.5 Å². The number of aliphatic hydroxyl groups is 3. The van der Waals surface area contributed by atoms with E-state index in [9.17, 15) is 34.4 Å². The van der Waals surface area contributed by atoms with Crippen molar-refractivity contribution in [3.63, 3.8) is 0 Å². The molecular weight excluding hydrogens is 810 g/mol. The van der Waals surface area contributed by atoms with Crippen LogP contribution in [0.2, 0.25) is 0 Å². The Kier molecular flexibility index (Phi) is 33.3. The van der Waals surface area contributed by atoms with E-state index in [0.29, 0.717) is 30.3 Å². The van der Waals surface area contributed by atoms with Gasteiger partial charge in [-0.3, -0.25) is 14.2 Å². The summed E-state index contributed by atoms with van der Waals surface area (Å²) in [7, 11) is 0.977. The van der Waals surface area contributed by atoms with Crippen molar-refractivity contribution in [2.24, 2.45) is 11.8 Å². The Bertz CT molecular complexity index is 1360. The van der Waals surface area contributed by atoms with Gasteiger partial charge in [-0.15, -0.1) is 0 Å². The molecule has 0 amide bonds. The molecule has 1 aliphatic carbocycles. The summed E-state index contributed by atoms with van der Waals surface area (Å²) in [5.74, 6) is -1.76. The lowest BCUT2D eigenvalue weighted by atomic mass is 9.89. The third-order valence-corrected chi connectivity index (χ3v) is 11.8. The fourth-order valence-corrected chi connectivity index (χ4v) is 7.77. The summed E-state index contributed by atoms with van der Waals surface area (Å²) in [6.07, 6.45) is 36.6. The maximum Gasteiger partial charge on any atom is 0.309 e. The maximum atomic E-state index is 12.8. The van der Waals surface area contributed by atoms with Crippen molar-refractivity contribution < 1.29 is 57.4 Å². The summed E-state index contributed by atoms with van der Waals surface area (Å²) in [6.45, 7) is 3.70. The summed E-state index contributed by atoms with van der Waals surface area (Å²) in [4.78, 5) is 37.9. The van der Waals surface area contributed by atoms with Crippen LogP contribution in [0.3, 0.4) is 0 Å². The number of hydrogen-bond acceptors (Lipinski definition) is 11. The van der Waals surface area contributed by atoms with Crippen LogP contribution < -0.4 is 4.89 Å². The first-order valence-corrected chi connectivity index (χ1v) is 25.2. The van der Waals surface area contributed by atoms with E-state index >= 15 is 0 Å². The van der Waals surface area contributed by atoms with Gasteiger partial charge in [-0.05, 0) is 63.7 Å². The highest BCUT2D eigenvalue weighted by Crippen LogP contribution is 2.38. The third-order valence-electron chi connectivity index (χ3n) is 10.9. The van der Waals surface area contributed by atoms with E-state index in [0.717, 1.165) is 70.6 Å². The number of quaternary nitrogens is 1. The first kappa shape index (κ1) is 57.6. The third kappa shape index (κ3) is 32.3. The van der Waals surface area contributed by atoms with E-state index in [-0.39, 0.29) is 37.7 Å². The molecule has 7 atom stereocenters. The number of rotatable bonds is 38. The van der Waals surface area contributed by atoms with Crippen LogP contribution in [0.4, 0.5) is 0 Å². The normalized spacial score (nSPS) is 20.6. The smallest absolute Gasteiger partial charge is 0.309 e. The van der Waals surface area contributed by atoms with Crippen molar-refractivity contribution in [3.05, 3.63) is 60.8 Å². The van der Waals surface area contributed by atoms with E-state index in [1.165, 1.54) is 32.1 Å². The van der Waals surface area contributed by atoms with Gasteiger partial charge < -0.3 is 43.2 Å². The Hall–Kier alpha value is -2.41. The zero-order valence-electron chi connectivity index (χ0n) is 39.1. The molecule has 0 saturated heterocycles. The molecule has 0 spiro atoms. The number of nitrogens with zero attached hydrogens (tertiary/aromatic N) is 1. The van der Waals surface area contributed by atoms with E-state index in [1.807, 2.05) is 21.1 Å². The lowest BCUT2D eigenvalue weighted by molar-refractivity contribution is -0.870. The molecule has 1 saturated carbocycles. The number of likely N-dealkylation sites (N-methyl/N-ethyl adjacent to an activating group) is 1. The second-order valence-electron chi connectivity index (χ2n) is 17.8. The number of carbonyl (C=O) groups excluding carboxylic acids is 2. The van der Waals surface area contributed by atoms with Crippen molar-refractivity contribution in [1.82, 2.24) is 0 Å². The molecule has 0 aliphatic heterocycles. The van der Waals surface area contributed by atoms with Gasteiger partial charge in [-0.25, -0.2) is 0 Å². The van der Waals surface area contributed by atoms with Crippen LogP contribution in [0.15, 0.2) is 60.8 Å². The number of ether oxygens (including phenoxy) is 2. The summed E-state index contributed by atoms with van der Waals surface area (Å²) in [5.41, 5.74) is 0. The SMILES string of the molecule is CCCCCC/C=C\C/C=C\C/C=C\CCCCCCCCC(=O)O[C@H](COC(=O)C/C=C\C[C@H]1[C@@H](/C=C/[C@H](O)CCCCC)[C@H](O)C[C@@H]1O)COP(=O)([O-])OCC[N+](C)(C)C. The molecular formula is C49H86NO11P. The summed E-state index contributed by atoms with van der Waals surface area (Å²) in [5, 5.41) is 31.4. The zero-order valence-corrected chi connectivity index (χ0v) is 40.0. The van der Waals surface area contributed by atoms with Gasteiger partial charge in [0.15, 0.2) is 6.10 Å². The van der Waals surface area contributed by atoms with E-state index < -0.39 is 57.4 Å². The van der Waals surface area contributed by atoms with Gasteiger partial charge in [0.2, 0.25) is 0 Å². The number of hydrogen-bond donors (Lipinski definition) is 3. The molecule has 1 unspecified atom stereocenters. The Morgan fingerprint density at radius 3 is 1.98 bits per heavy atom. The monoisotopic (exact) mass is 896 g/mol. The van der Waals surface area contributed by atoms with Gasteiger partial charge >= 0.3 is 11.9 Å². The van der Waals surface area contributed by atoms with Crippen molar-refractivity contribution in [2.45, 2.75) is 180 Å². The van der Waals surface area contributed by atoms with Crippen LogP contribution in [0.1, 0.15) is 155 Å². The second-order valence-corrected chi connectivity index (χ2v) is 19.2. The lowest BCUT2D eigenvalue weighted by Gasteiger charge is -2.28. The standard InChI is InChI=1S/C49H86NO11P/c1-6-8-10-11-12-13-14-15-16-17-18-19-20-21-22-23-24-25-26-28-34-49(55)61-43(41-60-62(56,57)59-38-37-50(3,4)5)40-58-48(54)33-30-29-32-44-45(47(53)39-46(44)52)36-35-42(51)31-27-9-7-2/h13-14,16-17,19-20,29-30,35-36,42-47,51-53H,6-12,15,18,21-28,31-34,37-41H2,1-5H3/b14-13-,17-16-,20-19-,30-29-,36-35+/t42-,43-,44+,45-,46+,47-/m1/s1. The van der Waals surface area contributed by atoms with Crippen molar-refractivity contribution in [2.75, 3.05) is 47.5 Å². The molecule has 3 N–H and O–H groups in total. The topological polar surface area (TPSA) is 172 Å². The minimum atomic E-state index is -4.72. The molecule has 0 aromatic carbocycles.